The Hall–Kier alpha value is -0.170. The van der Waals surface area contributed by atoms with Crippen LogP contribution in [0.1, 0.15) is 12.1 Å². The molecule has 0 bridgehead atoms. The highest BCUT2D eigenvalue weighted by atomic mass is 127. The van der Waals surface area contributed by atoms with Crippen molar-refractivity contribution in [3.05, 3.63) is 20.5 Å². The smallest absolute Gasteiger partial charge is 0.281 e. The summed E-state index contributed by atoms with van der Waals surface area (Å²) >= 11 is 7.25. The first kappa shape index (κ1) is 9.91. The Kier molecular flexibility index (Phi) is 3.05. The van der Waals surface area contributed by atoms with Crippen molar-refractivity contribution >= 4 is 39.9 Å². The van der Waals surface area contributed by atoms with E-state index in [9.17, 15) is 8.78 Å². The minimum absolute atomic E-state index is 0.155. The third-order valence-corrected chi connectivity index (χ3v) is 2.68. The molecule has 0 atom stereocenters. The Labute approximate surface area is 86.3 Å². The van der Waals surface area contributed by atoms with Gasteiger partial charge in [-0.2, -0.15) is 0 Å². The largest absolute Gasteiger partial charge is 0.397 e. The summed E-state index contributed by atoms with van der Waals surface area (Å²) in [4.78, 5) is 3.47. The number of alkyl halides is 2. The molecule has 12 heavy (non-hydrogen) atoms. The second-order valence-corrected chi connectivity index (χ2v) is 3.51. The van der Waals surface area contributed by atoms with Gasteiger partial charge in [-0.3, -0.25) is 4.98 Å². The number of nitrogens with two attached hydrogens (primary N) is 1. The van der Waals surface area contributed by atoms with E-state index in [2.05, 4.69) is 4.98 Å². The summed E-state index contributed by atoms with van der Waals surface area (Å²) in [6.45, 7) is 0. The number of rotatable bonds is 1. The van der Waals surface area contributed by atoms with Crippen LogP contribution < -0.4 is 5.73 Å². The topological polar surface area (TPSA) is 38.9 Å². The molecule has 0 amide bonds. The molecule has 0 aliphatic heterocycles. The normalized spacial score (nSPS) is 10.8. The maximum atomic E-state index is 12.2. The molecular formula is C6H4ClF2IN2. The van der Waals surface area contributed by atoms with Crippen LogP contribution in [0.15, 0.2) is 6.20 Å². The maximum absolute atomic E-state index is 12.2. The standard InChI is InChI=1S/C6H4ClF2IN2/c7-2-1-12-5(6(8)9)3(10)4(2)11/h1,6H,(H2,11,12). The van der Waals surface area contributed by atoms with Crippen LogP contribution >= 0.6 is 34.2 Å². The van der Waals surface area contributed by atoms with Gasteiger partial charge in [-0.1, -0.05) is 11.6 Å². The number of anilines is 1. The molecule has 2 nitrogen and oxygen atoms in total. The minimum Gasteiger partial charge on any atom is -0.397 e. The summed E-state index contributed by atoms with van der Waals surface area (Å²) in [7, 11) is 0. The first-order valence-corrected chi connectivity index (χ1v) is 4.37. The molecule has 1 heterocycles. The van der Waals surface area contributed by atoms with Gasteiger partial charge in [0.15, 0.2) is 0 Å². The van der Waals surface area contributed by atoms with Crippen molar-refractivity contribution in [1.82, 2.24) is 4.98 Å². The van der Waals surface area contributed by atoms with Gasteiger partial charge in [-0.15, -0.1) is 0 Å². The highest BCUT2D eigenvalue weighted by molar-refractivity contribution is 14.1. The van der Waals surface area contributed by atoms with Crippen molar-refractivity contribution in [2.45, 2.75) is 6.43 Å². The van der Waals surface area contributed by atoms with E-state index >= 15 is 0 Å². The number of nitrogen functional groups attached to an aromatic ring is 1. The van der Waals surface area contributed by atoms with Crippen molar-refractivity contribution in [1.29, 1.82) is 0 Å². The zero-order chi connectivity index (χ0) is 9.30. The Balaban J connectivity index is 3.27. The van der Waals surface area contributed by atoms with Gasteiger partial charge < -0.3 is 5.73 Å². The van der Waals surface area contributed by atoms with Crippen LogP contribution in [0, 0.1) is 3.57 Å². The summed E-state index contributed by atoms with van der Waals surface area (Å²) in [6.07, 6.45) is -1.49. The first-order valence-electron chi connectivity index (χ1n) is 2.91. The second kappa shape index (κ2) is 3.69. The maximum Gasteiger partial charge on any atom is 0.281 e. The van der Waals surface area contributed by atoms with Crippen LogP contribution in [0.4, 0.5) is 14.5 Å². The SMILES string of the molecule is Nc1c(Cl)cnc(C(F)F)c1I. The van der Waals surface area contributed by atoms with E-state index in [1.165, 1.54) is 0 Å². The molecule has 66 valence electrons. The number of pyridine rings is 1. The lowest BCUT2D eigenvalue weighted by Gasteiger charge is -2.05. The molecule has 0 unspecified atom stereocenters. The lowest BCUT2D eigenvalue weighted by atomic mass is 10.3. The van der Waals surface area contributed by atoms with Crippen molar-refractivity contribution in [2.75, 3.05) is 5.73 Å². The molecule has 0 saturated carbocycles. The molecular weight excluding hydrogens is 300 g/mol. The third kappa shape index (κ3) is 1.77. The molecule has 0 spiro atoms. The van der Waals surface area contributed by atoms with Gasteiger partial charge >= 0.3 is 0 Å². The third-order valence-electron chi connectivity index (χ3n) is 1.24. The van der Waals surface area contributed by atoms with E-state index in [0.717, 1.165) is 6.20 Å². The van der Waals surface area contributed by atoms with Gasteiger partial charge in [0.05, 0.1) is 14.3 Å². The highest BCUT2D eigenvalue weighted by Gasteiger charge is 2.16. The predicted octanol–water partition coefficient (Wildman–Crippen LogP) is 2.86. The quantitative estimate of drug-likeness (QED) is 0.810. The molecule has 1 aromatic rings. The van der Waals surface area contributed by atoms with Crippen LogP contribution in [0.25, 0.3) is 0 Å². The van der Waals surface area contributed by atoms with Gasteiger partial charge in [0.2, 0.25) is 0 Å². The van der Waals surface area contributed by atoms with Gasteiger partial charge in [-0.25, -0.2) is 8.78 Å². The highest BCUT2D eigenvalue weighted by Crippen LogP contribution is 2.30. The minimum atomic E-state index is -2.61. The Morgan fingerprint density at radius 3 is 2.67 bits per heavy atom. The molecule has 0 radical (unpaired) electrons. The average Bonchev–Trinajstić information content (AvgIpc) is 2.00. The molecule has 0 aliphatic rings. The van der Waals surface area contributed by atoms with Crippen molar-refractivity contribution in [3.8, 4) is 0 Å². The summed E-state index contributed by atoms with van der Waals surface area (Å²) in [5, 5.41) is 0.198. The molecule has 0 aromatic carbocycles. The number of hydrogen-bond acceptors (Lipinski definition) is 2. The Bertz CT molecular complexity index is 306. The fourth-order valence-electron chi connectivity index (χ4n) is 0.647. The van der Waals surface area contributed by atoms with Crippen molar-refractivity contribution in [2.24, 2.45) is 0 Å². The molecule has 2 N–H and O–H groups in total. The molecule has 1 rings (SSSR count). The summed E-state index contributed by atoms with van der Waals surface area (Å²) in [5.41, 5.74) is 5.24. The fourth-order valence-corrected chi connectivity index (χ4v) is 1.62. The van der Waals surface area contributed by atoms with E-state index in [0.29, 0.717) is 0 Å². The van der Waals surface area contributed by atoms with Gasteiger partial charge in [-0.05, 0) is 22.6 Å². The molecule has 1 aromatic heterocycles. The monoisotopic (exact) mass is 304 g/mol. The van der Waals surface area contributed by atoms with E-state index in [4.69, 9.17) is 17.3 Å². The second-order valence-electron chi connectivity index (χ2n) is 2.02. The molecule has 0 saturated heterocycles. The zero-order valence-corrected chi connectivity index (χ0v) is 8.60. The Morgan fingerprint density at radius 2 is 2.17 bits per heavy atom. The van der Waals surface area contributed by atoms with Gasteiger partial charge in [0, 0.05) is 6.20 Å². The van der Waals surface area contributed by atoms with Gasteiger partial charge in [0.1, 0.15) is 5.69 Å². The van der Waals surface area contributed by atoms with Crippen molar-refractivity contribution < 1.29 is 8.78 Å². The fraction of sp³-hybridized carbons (Fsp3) is 0.167. The molecule has 0 fully saturated rings. The van der Waals surface area contributed by atoms with Crippen LogP contribution in [0.3, 0.4) is 0 Å². The van der Waals surface area contributed by atoms with Crippen LogP contribution in [-0.2, 0) is 0 Å². The van der Waals surface area contributed by atoms with Crippen LogP contribution in [-0.4, -0.2) is 4.98 Å². The lowest BCUT2D eigenvalue weighted by molar-refractivity contribution is 0.145. The zero-order valence-electron chi connectivity index (χ0n) is 5.69. The summed E-state index contributed by atoms with van der Waals surface area (Å²) < 4.78 is 24.6. The number of hydrogen-bond donors (Lipinski definition) is 1. The van der Waals surface area contributed by atoms with Gasteiger partial charge in [0.25, 0.3) is 6.43 Å². The van der Waals surface area contributed by atoms with E-state index in [-0.39, 0.29) is 20.0 Å². The number of nitrogens with zero attached hydrogens (tertiary/aromatic N) is 1. The summed E-state index contributed by atoms with van der Waals surface area (Å²) in [6, 6.07) is 0. The first-order chi connectivity index (χ1) is 5.54. The average molecular weight is 304 g/mol. The molecule has 0 aliphatic carbocycles. The number of halogens is 4. The molecule has 6 heteroatoms. The summed E-state index contributed by atoms with van der Waals surface area (Å²) in [5.74, 6) is 0. The lowest BCUT2D eigenvalue weighted by Crippen LogP contribution is -2.00. The van der Waals surface area contributed by atoms with E-state index in [1.54, 1.807) is 22.6 Å². The Morgan fingerprint density at radius 1 is 1.58 bits per heavy atom. The van der Waals surface area contributed by atoms with E-state index < -0.39 is 6.43 Å². The number of aromatic nitrogens is 1. The van der Waals surface area contributed by atoms with E-state index in [1.807, 2.05) is 0 Å². The predicted molar refractivity (Wildman–Crippen MR) is 51.3 cm³/mol. The van der Waals surface area contributed by atoms with Crippen LogP contribution in [0.5, 0.6) is 0 Å². The van der Waals surface area contributed by atoms with Crippen molar-refractivity contribution in [3.63, 3.8) is 0 Å². The van der Waals surface area contributed by atoms with Crippen LogP contribution in [0.2, 0.25) is 5.02 Å².